The highest BCUT2D eigenvalue weighted by atomic mass is 16.5. The third-order valence-corrected chi connectivity index (χ3v) is 6.36. The largest absolute Gasteiger partial charge is 0.494 e. The van der Waals surface area contributed by atoms with Crippen LogP contribution in [0.1, 0.15) is 30.5 Å². The zero-order valence-corrected chi connectivity index (χ0v) is 19.7. The van der Waals surface area contributed by atoms with Crippen molar-refractivity contribution in [3.63, 3.8) is 0 Å². The van der Waals surface area contributed by atoms with Gasteiger partial charge in [0.15, 0.2) is 0 Å². The fraction of sp³-hybridized carbons (Fsp3) is 0.346. The molecule has 0 radical (unpaired) electrons. The highest BCUT2D eigenvalue weighted by Crippen LogP contribution is 2.35. The van der Waals surface area contributed by atoms with Gasteiger partial charge >= 0.3 is 6.03 Å². The number of nitrogens with zero attached hydrogens (tertiary/aromatic N) is 1. The number of nitrogens with one attached hydrogen (secondary N) is 3. The molecule has 2 aromatic carbocycles. The highest BCUT2D eigenvalue weighted by molar-refractivity contribution is 6.06. The van der Waals surface area contributed by atoms with Gasteiger partial charge in [0.1, 0.15) is 30.2 Å². The molecule has 35 heavy (non-hydrogen) atoms. The summed E-state index contributed by atoms with van der Waals surface area (Å²) in [6.07, 6.45) is 3.10. The zero-order valence-electron chi connectivity index (χ0n) is 19.7. The first-order valence-electron chi connectivity index (χ1n) is 11.8. The molecule has 0 unspecified atom stereocenters. The van der Waals surface area contributed by atoms with Crippen LogP contribution in [-0.4, -0.2) is 53.0 Å². The first-order chi connectivity index (χ1) is 16.9. The van der Waals surface area contributed by atoms with Crippen molar-refractivity contribution >= 4 is 28.7 Å². The van der Waals surface area contributed by atoms with Crippen molar-refractivity contribution in [1.82, 2.24) is 20.5 Å². The number of H-pyrrole nitrogens is 1. The fourth-order valence-corrected chi connectivity index (χ4v) is 4.69. The van der Waals surface area contributed by atoms with Gasteiger partial charge < -0.3 is 25.1 Å². The number of amides is 4. The minimum absolute atomic E-state index is 0.0983. The van der Waals surface area contributed by atoms with E-state index in [-0.39, 0.29) is 19.2 Å². The third-order valence-electron chi connectivity index (χ3n) is 6.36. The van der Waals surface area contributed by atoms with E-state index in [4.69, 9.17) is 9.47 Å². The van der Waals surface area contributed by atoms with Gasteiger partial charge in [-0.25, -0.2) is 4.79 Å². The first kappa shape index (κ1) is 22.8. The van der Waals surface area contributed by atoms with Crippen molar-refractivity contribution in [1.29, 1.82) is 0 Å². The van der Waals surface area contributed by atoms with E-state index in [1.165, 1.54) is 0 Å². The molecule has 0 saturated carbocycles. The number of carbonyl (C=O) groups is 3. The van der Waals surface area contributed by atoms with Crippen molar-refractivity contribution < 1.29 is 23.9 Å². The number of para-hydroxylation sites is 1. The van der Waals surface area contributed by atoms with Gasteiger partial charge in [-0.15, -0.1) is 0 Å². The lowest BCUT2D eigenvalue weighted by molar-refractivity contribution is -0.132. The summed E-state index contributed by atoms with van der Waals surface area (Å²) in [6.45, 7) is 4.25. The normalized spacial score (nSPS) is 19.0. The predicted octanol–water partition coefficient (Wildman–Crippen LogP) is 2.67. The third kappa shape index (κ3) is 4.53. The molecule has 9 nitrogen and oxygen atoms in total. The molecule has 2 aliphatic rings. The average Bonchev–Trinajstić information content (AvgIpc) is 3.49. The number of hydrogen-bond donors (Lipinski definition) is 3. The molecule has 2 aliphatic heterocycles. The van der Waals surface area contributed by atoms with Gasteiger partial charge in [-0.05, 0) is 37.6 Å². The van der Waals surface area contributed by atoms with Gasteiger partial charge in [0.2, 0.25) is 5.91 Å². The Kier molecular flexibility index (Phi) is 6.07. The Hall–Kier alpha value is -4.01. The summed E-state index contributed by atoms with van der Waals surface area (Å²) in [7, 11) is 0. The van der Waals surface area contributed by atoms with Crippen molar-refractivity contribution in [2.24, 2.45) is 0 Å². The number of benzene rings is 2. The molecule has 2 atom stereocenters. The van der Waals surface area contributed by atoms with E-state index < -0.39 is 23.9 Å². The quantitative estimate of drug-likeness (QED) is 0.433. The number of aromatic nitrogens is 1. The van der Waals surface area contributed by atoms with Crippen LogP contribution in [-0.2, 0) is 29.0 Å². The SMILES string of the molecule is CCOc1cc2c(cc1CNC(=O)CN1C(=O)N[C@@H](Cc3c[nH]c4ccccc34)C1=O)O[C@H](C)C2. The summed E-state index contributed by atoms with van der Waals surface area (Å²) in [5.74, 6) is 0.640. The second-order valence-electron chi connectivity index (χ2n) is 8.90. The standard InChI is InChI=1S/C26H28N4O5/c1-3-34-22-10-16-8-15(2)35-23(16)11-18(22)13-28-24(31)14-30-25(32)21(29-26(30)33)9-17-12-27-20-7-5-4-6-19(17)20/h4-7,10-12,15,21,27H,3,8-9,13-14H2,1-2H3,(H,28,31)(H,29,33)/t15-,21+/m1/s1. The lowest BCUT2D eigenvalue weighted by Crippen LogP contribution is -2.41. The van der Waals surface area contributed by atoms with Crippen LogP contribution in [0, 0.1) is 0 Å². The monoisotopic (exact) mass is 476 g/mol. The molecule has 3 aromatic rings. The van der Waals surface area contributed by atoms with Crippen molar-refractivity contribution in [3.05, 3.63) is 59.3 Å². The Morgan fingerprint density at radius 2 is 2.06 bits per heavy atom. The summed E-state index contributed by atoms with van der Waals surface area (Å²) in [4.78, 5) is 42.2. The van der Waals surface area contributed by atoms with Gasteiger partial charge in [-0.3, -0.25) is 14.5 Å². The van der Waals surface area contributed by atoms with Crippen LogP contribution in [0.15, 0.2) is 42.6 Å². The van der Waals surface area contributed by atoms with E-state index in [1.807, 2.05) is 56.4 Å². The molecule has 9 heteroatoms. The van der Waals surface area contributed by atoms with E-state index in [1.54, 1.807) is 0 Å². The first-order valence-corrected chi connectivity index (χ1v) is 11.8. The van der Waals surface area contributed by atoms with Crippen molar-refractivity contribution in [2.45, 2.75) is 45.4 Å². The smallest absolute Gasteiger partial charge is 0.325 e. The van der Waals surface area contributed by atoms with E-state index in [9.17, 15) is 14.4 Å². The minimum atomic E-state index is -0.713. The fourth-order valence-electron chi connectivity index (χ4n) is 4.69. The summed E-state index contributed by atoms with van der Waals surface area (Å²) in [6, 6.07) is 10.3. The summed E-state index contributed by atoms with van der Waals surface area (Å²) < 4.78 is 11.6. The van der Waals surface area contributed by atoms with Crippen LogP contribution in [0.5, 0.6) is 11.5 Å². The van der Waals surface area contributed by atoms with Gasteiger partial charge in [-0.2, -0.15) is 0 Å². The van der Waals surface area contributed by atoms with Crippen LogP contribution in [0.3, 0.4) is 0 Å². The second kappa shape index (κ2) is 9.32. The summed E-state index contributed by atoms with van der Waals surface area (Å²) in [5, 5.41) is 6.50. The molecule has 1 fully saturated rings. The van der Waals surface area contributed by atoms with Crippen molar-refractivity contribution in [3.8, 4) is 11.5 Å². The maximum Gasteiger partial charge on any atom is 0.325 e. The topological polar surface area (TPSA) is 113 Å². The molecule has 4 amide bonds. The van der Waals surface area contributed by atoms with Gasteiger partial charge in [-0.1, -0.05) is 18.2 Å². The van der Waals surface area contributed by atoms with Gasteiger partial charge in [0.05, 0.1) is 6.61 Å². The number of rotatable bonds is 8. The predicted molar refractivity (Wildman–Crippen MR) is 129 cm³/mol. The summed E-state index contributed by atoms with van der Waals surface area (Å²) in [5.41, 5.74) is 3.76. The Morgan fingerprint density at radius 1 is 1.23 bits per heavy atom. The second-order valence-corrected chi connectivity index (χ2v) is 8.90. The maximum atomic E-state index is 12.9. The number of imide groups is 1. The van der Waals surface area contributed by atoms with E-state index in [0.29, 0.717) is 18.8 Å². The molecule has 0 aliphatic carbocycles. The molecule has 3 N–H and O–H groups in total. The maximum absolute atomic E-state index is 12.9. The number of urea groups is 1. The molecule has 0 spiro atoms. The molecule has 1 aromatic heterocycles. The molecule has 182 valence electrons. The minimum Gasteiger partial charge on any atom is -0.494 e. The molecular formula is C26H28N4O5. The highest BCUT2D eigenvalue weighted by Gasteiger charge is 2.39. The molecule has 1 saturated heterocycles. The van der Waals surface area contributed by atoms with E-state index >= 15 is 0 Å². The van der Waals surface area contributed by atoms with Crippen LogP contribution >= 0.6 is 0 Å². The Labute approximate surface area is 202 Å². The summed E-state index contributed by atoms with van der Waals surface area (Å²) >= 11 is 0. The van der Waals surface area contributed by atoms with Crippen LogP contribution < -0.4 is 20.1 Å². The lowest BCUT2D eigenvalue weighted by atomic mass is 10.1. The molecule has 5 rings (SSSR count). The van der Waals surface area contributed by atoms with Crippen molar-refractivity contribution in [2.75, 3.05) is 13.2 Å². The van der Waals surface area contributed by atoms with Gasteiger partial charge in [0, 0.05) is 47.6 Å². The number of hydrogen-bond acceptors (Lipinski definition) is 5. The average molecular weight is 477 g/mol. The van der Waals surface area contributed by atoms with E-state index in [2.05, 4.69) is 15.6 Å². The number of fused-ring (bicyclic) bond motifs is 2. The molecule has 3 heterocycles. The van der Waals surface area contributed by atoms with Gasteiger partial charge in [0.25, 0.3) is 5.91 Å². The number of ether oxygens (including phenoxy) is 2. The lowest BCUT2D eigenvalue weighted by Gasteiger charge is -2.15. The van der Waals surface area contributed by atoms with Crippen LogP contribution in [0.4, 0.5) is 4.79 Å². The molecule has 0 bridgehead atoms. The Morgan fingerprint density at radius 3 is 2.89 bits per heavy atom. The number of aromatic amines is 1. The Bertz CT molecular complexity index is 1300. The zero-order chi connectivity index (χ0) is 24.5. The Balaban J connectivity index is 1.21. The van der Waals surface area contributed by atoms with E-state index in [0.717, 1.165) is 44.7 Å². The van der Waals surface area contributed by atoms with Crippen LogP contribution in [0.2, 0.25) is 0 Å². The number of carbonyl (C=O) groups excluding carboxylic acids is 3. The van der Waals surface area contributed by atoms with Crippen LogP contribution in [0.25, 0.3) is 10.9 Å². The molecular weight excluding hydrogens is 448 g/mol.